The van der Waals surface area contributed by atoms with Crippen molar-refractivity contribution in [1.82, 2.24) is 10.2 Å². The maximum Gasteiger partial charge on any atom is 0.416 e. The van der Waals surface area contributed by atoms with E-state index < -0.39 is 51.9 Å². The Morgan fingerprint density at radius 2 is 1.54 bits per heavy atom. The Kier molecular flexibility index (Phi) is 12.1. The molecule has 8 nitrogen and oxygen atoms in total. The van der Waals surface area contributed by atoms with E-state index in [0.717, 1.165) is 17.7 Å². The molecule has 0 saturated carbocycles. The first-order valence-electron chi connectivity index (χ1n) is 15.0. The molecule has 0 radical (unpaired) electrons. The molecular formula is C35H35ClF3N3O5S. The second kappa shape index (κ2) is 16.0. The standard InChI is InChI=1S/C35H35ClF3N3O5S/c1-3-19-40-34(44)32(21-25-11-6-4-7-12-25)41(23-26-13-10-14-28(20-26)47-2)33(43)24-42(48(45,46)29-15-8-5-9-16-29)31-22-27(35(37,38)39)17-18-30(31)36/h4-18,20,22,32H,3,19,21,23-24H2,1-2H3,(H,40,44)/t32-/m0/s1. The third kappa shape index (κ3) is 9.07. The van der Waals surface area contributed by atoms with Crippen LogP contribution in [0, 0.1) is 0 Å². The molecule has 48 heavy (non-hydrogen) atoms. The molecule has 0 aliphatic carbocycles. The van der Waals surface area contributed by atoms with E-state index in [1.807, 2.05) is 6.92 Å². The van der Waals surface area contributed by atoms with E-state index in [4.69, 9.17) is 16.3 Å². The van der Waals surface area contributed by atoms with E-state index in [-0.39, 0.29) is 22.9 Å². The molecule has 4 rings (SSSR count). The minimum atomic E-state index is -4.83. The number of rotatable bonds is 14. The number of carbonyl (C=O) groups is 2. The number of methoxy groups -OCH3 is 1. The van der Waals surface area contributed by atoms with Gasteiger partial charge < -0.3 is 15.0 Å². The highest BCUT2D eigenvalue weighted by Crippen LogP contribution is 2.37. The largest absolute Gasteiger partial charge is 0.497 e. The molecular weight excluding hydrogens is 667 g/mol. The van der Waals surface area contributed by atoms with E-state index in [1.54, 1.807) is 60.7 Å². The van der Waals surface area contributed by atoms with Gasteiger partial charge in [0.05, 0.1) is 28.3 Å². The lowest BCUT2D eigenvalue weighted by atomic mass is 10.0. The number of benzene rings is 4. The molecule has 0 aliphatic rings. The van der Waals surface area contributed by atoms with Crippen molar-refractivity contribution in [3.8, 4) is 5.75 Å². The molecule has 1 atom stereocenters. The van der Waals surface area contributed by atoms with Gasteiger partial charge in [0.15, 0.2) is 0 Å². The molecule has 13 heteroatoms. The fourth-order valence-electron chi connectivity index (χ4n) is 5.00. The summed E-state index contributed by atoms with van der Waals surface area (Å²) in [6.45, 7) is 1.08. The van der Waals surface area contributed by atoms with Crippen LogP contribution in [0.1, 0.15) is 30.0 Å². The summed E-state index contributed by atoms with van der Waals surface area (Å²) in [5.74, 6) is -0.844. The Morgan fingerprint density at radius 3 is 2.17 bits per heavy atom. The third-order valence-corrected chi connectivity index (χ3v) is 9.55. The minimum Gasteiger partial charge on any atom is -0.497 e. The number of hydrogen-bond acceptors (Lipinski definition) is 5. The first kappa shape index (κ1) is 36.3. The lowest BCUT2D eigenvalue weighted by Crippen LogP contribution is -2.53. The van der Waals surface area contributed by atoms with Gasteiger partial charge in [-0.2, -0.15) is 13.2 Å². The molecule has 4 aromatic carbocycles. The predicted molar refractivity (Wildman–Crippen MR) is 178 cm³/mol. The predicted octanol–water partition coefficient (Wildman–Crippen LogP) is 6.73. The van der Waals surface area contributed by atoms with Crippen LogP contribution in [0.3, 0.4) is 0 Å². The van der Waals surface area contributed by atoms with Crippen molar-refractivity contribution in [1.29, 1.82) is 0 Å². The molecule has 0 heterocycles. The van der Waals surface area contributed by atoms with E-state index >= 15 is 0 Å². The number of nitrogens with one attached hydrogen (secondary N) is 1. The smallest absolute Gasteiger partial charge is 0.416 e. The molecule has 2 amide bonds. The van der Waals surface area contributed by atoms with Crippen molar-refractivity contribution in [3.05, 3.63) is 125 Å². The fourth-order valence-corrected chi connectivity index (χ4v) is 6.72. The zero-order valence-electron chi connectivity index (χ0n) is 26.3. The number of hydrogen-bond donors (Lipinski definition) is 1. The van der Waals surface area contributed by atoms with Crippen molar-refractivity contribution < 1.29 is 35.9 Å². The second-order valence-corrected chi connectivity index (χ2v) is 13.1. The Morgan fingerprint density at radius 1 is 0.896 bits per heavy atom. The summed E-state index contributed by atoms with van der Waals surface area (Å²) in [4.78, 5) is 29.2. The molecule has 0 spiro atoms. The van der Waals surface area contributed by atoms with Crippen LogP contribution in [0.4, 0.5) is 18.9 Å². The van der Waals surface area contributed by atoms with Crippen molar-refractivity contribution >= 4 is 39.1 Å². The van der Waals surface area contributed by atoms with E-state index in [2.05, 4.69) is 5.32 Å². The van der Waals surface area contributed by atoms with Gasteiger partial charge in [0, 0.05) is 19.5 Å². The normalized spacial score (nSPS) is 12.2. The van der Waals surface area contributed by atoms with Gasteiger partial charge in [0.2, 0.25) is 11.8 Å². The van der Waals surface area contributed by atoms with Gasteiger partial charge in [-0.3, -0.25) is 13.9 Å². The molecule has 0 aromatic heterocycles. The molecule has 0 bridgehead atoms. The zero-order valence-corrected chi connectivity index (χ0v) is 27.9. The first-order valence-corrected chi connectivity index (χ1v) is 16.9. The number of anilines is 1. The Balaban J connectivity index is 1.87. The van der Waals surface area contributed by atoms with Crippen molar-refractivity contribution in [2.45, 2.75) is 43.4 Å². The third-order valence-electron chi connectivity index (χ3n) is 7.46. The average molecular weight is 702 g/mol. The van der Waals surface area contributed by atoms with Gasteiger partial charge in [0.1, 0.15) is 18.3 Å². The first-order chi connectivity index (χ1) is 22.8. The number of nitrogens with zero attached hydrogens (tertiary/aromatic N) is 2. The number of ether oxygens (including phenoxy) is 1. The van der Waals surface area contributed by atoms with Gasteiger partial charge >= 0.3 is 6.18 Å². The fraction of sp³-hybridized carbons (Fsp3) is 0.257. The Bertz CT molecular complexity index is 1810. The second-order valence-electron chi connectivity index (χ2n) is 10.9. The van der Waals surface area contributed by atoms with Crippen LogP contribution >= 0.6 is 11.6 Å². The van der Waals surface area contributed by atoms with Crippen molar-refractivity contribution in [3.63, 3.8) is 0 Å². The summed E-state index contributed by atoms with van der Waals surface area (Å²) in [6.07, 6.45) is -4.14. The van der Waals surface area contributed by atoms with Crippen LogP contribution in [-0.4, -0.2) is 51.4 Å². The SMILES string of the molecule is CCCNC(=O)[C@H](Cc1ccccc1)N(Cc1cccc(OC)c1)C(=O)CN(c1cc(C(F)(F)F)ccc1Cl)S(=O)(=O)c1ccccc1. The summed E-state index contributed by atoms with van der Waals surface area (Å²) in [5, 5.41) is 2.51. The number of carbonyl (C=O) groups excluding carboxylic acids is 2. The molecule has 1 N–H and O–H groups in total. The number of halogens is 4. The Labute approximate surface area is 283 Å². The summed E-state index contributed by atoms with van der Waals surface area (Å²) in [7, 11) is -3.18. The molecule has 0 aliphatic heterocycles. The van der Waals surface area contributed by atoms with Crippen LogP contribution < -0.4 is 14.4 Å². The lowest BCUT2D eigenvalue weighted by Gasteiger charge is -2.34. The summed E-state index contributed by atoms with van der Waals surface area (Å²) < 4.78 is 75.6. The highest BCUT2D eigenvalue weighted by Gasteiger charge is 2.37. The maximum absolute atomic E-state index is 14.5. The number of amides is 2. The maximum atomic E-state index is 14.5. The van der Waals surface area contributed by atoms with Gasteiger partial charge in [-0.15, -0.1) is 0 Å². The van der Waals surface area contributed by atoms with Crippen LogP contribution in [-0.2, 0) is 38.8 Å². The van der Waals surface area contributed by atoms with Gasteiger partial charge in [0.25, 0.3) is 10.0 Å². The average Bonchev–Trinajstić information content (AvgIpc) is 3.08. The Hall–Kier alpha value is -4.55. The summed E-state index contributed by atoms with van der Waals surface area (Å²) in [6, 6.07) is 23.9. The topological polar surface area (TPSA) is 96.0 Å². The number of sulfonamides is 1. The van der Waals surface area contributed by atoms with E-state index in [0.29, 0.717) is 34.7 Å². The van der Waals surface area contributed by atoms with Crippen LogP contribution in [0.5, 0.6) is 5.75 Å². The van der Waals surface area contributed by atoms with Gasteiger partial charge in [-0.25, -0.2) is 8.42 Å². The molecule has 254 valence electrons. The van der Waals surface area contributed by atoms with Gasteiger partial charge in [-0.05, 0) is 60.0 Å². The quantitative estimate of drug-likeness (QED) is 0.157. The zero-order chi connectivity index (χ0) is 34.9. The molecule has 0 saturated heterocycles. The van der Waals surface area contributed by atoms with Crippen LogP contribution in [0.25, 0.3) is 0 Å². The molecule has 4 aromatic rings. The highest BCUT2D eigenvalue weighted by molar-refractivity contribution is 7.92. The minimum absolute atomic E-state index is 0.0713. The monoisotopic (exact) mass is 701 g/mol. The van der Waals surface area contributed by atoms with Gasteiger partial charge in [-0.1, -0.05) is 79.2 Å². The van der Waals surface area contributed by atoms with E-state index in [1.165, 1.54) is 36.3 Å². The van der Waals surface area contributed by atoms with Crippen molar-refractivity contribution in [2.75, 3.05) is 24.5 Å². The van der Waals surface area contributed by atoms with Crippen LogP contribution in [0.2, 0.25) is 5.02 Å². The van der Waals surface area contributed by atoms with Crippen molar-refractivity contribution in [2.24, 2.45) is 0 Å². The highest BCUT2D eigenvalue weighted by atomic mass is 35.5. The number of alkyl halides is 3. The molecule has 0 fully saturated rings. The van der Waals surface area contributed by atoms with Crippen LogP contribution in [0.15, 0.2) is 108 Å². The molecule has 0 unspecified atom stereocenters. The van der Waals surface area contributed by atoms with E-state index in [9.17, 15) is 31.2 Å². The summed E-state index contributed by atoms with van der Waals surface area (Å²) >= 11 is 6.36. The summed E-state index contributed by atoms with van der Waals surface area (Å²) in [5.41, 5.74) is -0.400. The lowest BCUT2D eigenvalue weighted by molar-refractivity contribution is -0.140.